The van der Waals surface area contributed by atoms with E-state index in [2.05, 4.69) is 22.5 Å². The maximum Gasteiger partial charge on any atom is 0.317 e. The molecule has 0 radical (unpaired) electrons. The normalized spacial score (nSPS) is 24.5. The van der Waals surface area contributed by atoms with E-state index < -0.39 is 0 Å². The van der Waals surface area contributed by atoms with Gasteiger partial charge in [0.25, 0.3) is 0 Å². The second-order valence-electron chi connectivity index (χ2n) is 8.30. The zero-order chi connectivity index (χ0) is 18.9. The van der Waals surface area contributed by atoms with Crippen molar-refractivity contribution in [3.8, 4) is 0 Å². The molecule has 2 unspecified atom stereocenters. The number of hydrogen-bond acceptors (Lipinski definition) is 3. The van der Waals surface area contributed by atoms with Gasteiger partial charge in [0.1, 0.15) is 0 Å². The van der Waals surface area contributed by atoms with Crippen molar-refractivity contribution < 1.29 is 9.59 Å². The van der Waals surface area contributed by atoms with Crippen molar-refractivity contribution in [2.75, 3.05) is 40.3 Å². The van der Waals surface area contributed by atoms with Crippen LogP contribution in [-0.4, -0.2) is 68.1 Å². The van der Waals surface area contributed by atoms with Crippen LogP contribution in [0.4, 0.5) is 4.79 Å². The van der Waals surface area contributed by atoms with Crippen LogP contribution in [0.3, 0.4) is 0 Å². The fraction of sp³-hybridized carbons (Fsp3) is 0.900. The predicted molar refractivity (Wildman–Crippen MR) is 105 cm³/mol. The second-order valence-corrected chi connectivity index (χ2v) is 8.30. The van der Waals surface area contributed by atoms with Gasteiger partial charge in [0.05, 0.1) is 0 Å². The highest BCUT2D eigenvalue weighted by atomic mass is 16.2. The lowest BCUT2D eigenvalue weighted by atomic mass is 9.81. The highest BCUT2D eigenvalue weighted by molar-refractivity contribution is 5.76. The number of amides is 3. The molecule has 2 rings (SSSR count). The minimum Gasteiger partial charge on any atom is -0.355 e. The van der Waals surface area contributed by atoms with Crippen LogP contribution in [0.1, 0.15) is 58.3 Å². The molecule has 2 atom stereocenters. The minimum atomic E-state index is 0.101. The van der Waals surface area contributed by atoms with Gasteiger partial charge in [0, 0.05) is 38.6 Å². The van der Waals surface area contributed by atoms with Crippen LogP contribution in [0.2, 0.25) is 0 Å². The Labute approximate surface area is 159 Å². The molecule has 2 aliphatic rings. The molecule has 0 aromatic carbocycles. The summed E-state index contributed by atoms with van der Waals surface area (Å²) in [6, 6.07) is 0.459. The highest BCUT2D eigenvalue weighted by Gasteiger charge is 2.32. The molecule has 0 aromatic heterocycles. The molecule has 0 spiro atoms. The van der Waals surface area contributed by atoms with E-state index in [0.717, 1.165) is 45.3 Å². The van der Waals surface area contributed by atoms with Crippen LogP contribution < -0.4 is 10.6 Å². The van der Waals surface area contributed by atoms with Crippen LogP contribution in [0, 0.1) is 11.8 Å². The van der Waals surface area contributed by atoms with Crippen molar-refractivity contribution in [2.45, 2.75) is 64.3 Å². The maximum absolute atomic E-state index is 12.6. The van der Waals surface area contributed by atoms with Crippen molar-refractivity contribution in [1.82, 2.24) is 20.4 Å². The van der Waals surface area contributed by atoms with E-state index in [4.69, 9.17) is 0 Å². The largest absolute Gasteiger partial charge is 0.355 e. The summed E-state index contributed by atoms with van der Waals surface area (Å²) in [5.41, 5.74) is 0. The molecule has 3 amide bonds. The van der Waals surface area contributed by atoms with E-state index in [1.165, 1.54) is 19.3 Å². The van der Waals surface area contributed by atoms with Gasteiger partial charge in [-0.05, 0) is 45.2 Å². The number of piperidine rings is 1. The molecule has 26 heavy (non-hydrogen) atoms. The molecule has 150 valence electrons. The highest BCUT2D eigenvalue weighted by Crippen LogP contribution is 2.29. The molecule has 6 heteroatoms. The average molecular weight is 367 g/mol. The lowest BCUT2D eigenvalue weighted by Crippen LogP contribution is -2.51. The maximum atomic E-state index is 12.6. The molecule has 2 N–H and O–H groups in total. The molecular weight excluding hydrogens is 328 g/mol. The van der Waals surface area contributed by atoms with Gasteiger partial charge >= 0.3 is 6.03 Å². The molecule has 2 fully saturated rings. The first-order valence-electron chi connectivity index (χ1n) is 10.5. The summed E-state index contributed by atoms with van der Waals surface area (Å²) in [5.74, 6) is 0.953. The summed E-state index contributed by atoms with van der Waals surface area (Å²) in [4.78, 5) is 28.8. The third kappa shape index (κ3) is 6.78. The topological polar surface area (TPSA) is 64.7 Å². The number of carbonyl (C=O) groups excluding carboxylic acids is 2. The van der Waals surface area contributed by atoms with E-state index in [1.807, 2.05) is 19.0 Å². The van der Waals surface area contributed by atoms with Gasteiger partial charge in [-0.2, -0.15) is 0 Å². The van der Waals surface area contributed by atoms with Crippen molar-refractivity contribution in [1.29, 1.82) is 0 Å². The van der Waals surface area contributed by atoms with Crippen LogP contribution >= 0.6 is 0 Å². The van der Waals surface area contributed by atoms with Crippen molar-refractivity contribution >= 4 is 11.9 Å². The Morgan fingerprint density at radius 2 is 1.81 bits per heavy atom. The Morgan fingerprint density at radius 1 is 1.08 bits per heavy atom. The Balaban J connectivity index is 1.76. The monoisotopic (exact) mass is 366 g/mol. The molecule has 1 aliphatic heterocycles. The summed E-state index contributed by atoms with van der Waals surface area (Å²) in [6.45, 7) is 5.29. The summed E-state index contributed by atoms with van der Waals surface area (Å²) < 4.78 is 0. The lowest BCUT2D eigenvalue weighted by Gasteiger charge is -2.39. The number of nitrogens with one attached hydrogen (secondary N) is 2. The molecule has 1 saturated heterocycles. The second kappa shape index (κ2) is 10.8. The number of nitrogens with zero attached hydrogens (tertiary/aromatic N) is 2. The van der Waals surface area contributed by atoms with Gasteiger partial charge in [0.2, 0.25) is 5.91 Å². The van der Waals surface area contributed by atoms with E-state index in [9.17, 15) is 9.59 Å². The quantitative estimate of drug-likeness (QED) is 0.727. The van der Waals surface area contributed by atoms with Crippen LogP contribution in [0.5, 0.6) is 0 Å². The van der Waals surface area contributed by atoms with Crippen LogP contribution in [0.15, 0.2) is 0 Å². The van der Waals surface area contributed by atoms with E-state index in [0.29, 0.717) is 30.8 Å². The lowest BCUT2D eigenvalue weighted by molar-refractivity contribution is -0.122. The fourth-order valence-electron chi connectivity index (χ4n) is 4.24. The number of urea groups is 1. The first kappa shape index (κ1) is 21.0. The number of likely N-dealkylation sites (N-methyl/N-ethyl adjacent to an activating group) is 1. The van der Waals surface area contributed by atoms with Crippen LogP contribution in [0.25, 0.3) is 0 Å². The van der Waals surface area contributed by atoms with Gasteiger partial charge in [-0.15, -0.1) is 0 Å². The van der Waals surface area contributed by atoms with E-state index in [1.54, 1.807) is 0 Å². The van der Waals surface area contributed by atoms with Gasteiger partial charge in [-0.25, -0.2) is 4.79 Å². The van der Waals surface area contributed by atoms with E-state index >= 15 is 0 Å². The zero-order valence-electron chi connectivity index (χ0n) is 16.9. The molecule has 1 saturated carbocycles. The number of hydrogen-bond donors (Lipinski definition) is 2. The van der Waals surface area contributed by atoms with Crippen molar-refractivity contribution in [3.63, 3.8) is 0 Å². The molecular formula is C20H38N4O2. The summed E-state index contributed by atoms with van der Waals surface area (Å²) in [6.07, 6.45) is 8.52. The van der Waals surface area contributed by atoms with Gasteiger partial charge in [-0.3, -0.25) is 4.79 Å². The minimum absolute atomic E-state index is 0.101. The summed E-state index contributed by atoms with van der Waals surface area (Å²) in [5, 5.41) is 6.25. The molecule has 1 heterocycles. The Kier molecular flexibility index (Phi) is 8.69. The molecule has 0 bridgehead atoms. The Bertz CT molecular complexity index is 449. The van der Waals surface area contributed by atoms with Crippen LogP contribution in [-0.2, 0) is 4.79 Å². The standard InChI is InChI=1S/C20H38N4O2/c1-4-16-15-24(20(26)22-18-8-6-5-7-9-18)12-10-17(16)14-19(25)21-11-13-23(2)3/h16-18H,4-15H2,1-3H3,(H,21,25)(H,22,26). The van der Waals surface area contributed by atoms with Crippen molar-refractivity contribution in [3.05, 3.63) is 0 Å². The van der Waals surface area contributed by atoms with Crippen molar-refractivity contribution in [2.24, 2.45) is 11.8 Å². The smallest absolute Gasteiger partial charge is 0.317 e. The first-order valence-corrected chi connectivity index (χ1v) is 10.5. The average Bonchev–Trinajstić information content (AvgIpc) is 2.62. The number of likely N-dealkylation sites (tertiary alicyclic amines) is 1. The number of rotatable bonds is 7. The Morgan fingerprint density at radius 3 is 2.46 bits per heavy atom. The van der Waals surface area contributed by atoms with Gasteiger partial charge in [-0.1, -0.05) is 32.6 Å². The molecule has 6 nitrogen and oxygen atoms in total. The van der Waals surface area contributed by atoms with Gasteiger partial charge in [0.15, 0.2) is 0 Å². The SMILES string of the molecule is CCC1CN(C(=O)NC2CCCCC2)CCC1CC(=O)NCCN(C)C. The van der Waals surface area contributed by atoms with Gasteiger partial charge < -0.3 is 20.4 Å². The first-order chi connectivity index (χ1) is 12.5. The molecule has 1 aliphatic carbocycles. The Hall–Kier alpha value is -1.30. The predicted octanol–water partition coefficient (Wildman–Crippen LogP) is 2.44. The third-order valence-electron chi connectivity index (χ3n) is 5.96. The number of carbonyl (C=O) groups is 2. The zero-order valence-corrected chi connectivity index (χ0v) is 16.9. The fourth-order valence-corrected chi connectivity index (χ4v) is 4.24. The summed E-state index contributed by atoms with van der Waals surface area (Å²) >= 11 is 0. The molecule has 0 aromatic rings. The van der Waals surface area contributed by atoms with E-state index in [-0.39, 0.29) is 11.9 Å². The summed E-state index contributed by atoms with van der Waals surface area (Å²) in [7, 11) is 4.01. The third-order valence-corrected chi connectivity index (χ3v) is 5.96.